The molecule has 0 N–H and O–H groups in total. The first-order valence-corrected chi connectivity index (χ1v) is 9.55. The van der Waals surface area contributed by atoms with Crippen LogP contribution in [-0.2, 0) is 14.3 Å². The molecule has 2 aromatic rings. The maximum absolute atomic E-state index is 12.9. The monoisotopic (exact) mass is 365 g/mol. The molecule has 0 spiro atoms. The van der Waals surface area contributed by atoms with Crippen LogP contribution in [0, 0.1) is 5.92 Å². The van der Waals surface area contributed by atoms with E-state index in [0.717, 1.165) is 34.0 Å². The summed E-state index contributed by atoms with van der Waals surface area (Å²) in [5.41, 5.74) is 1.66. The average Bonchev–Trinajstić information content (AvgIpc) is 3.17. The summed E-state index contributed by atoms with van der Waals surface area (Å²) < 4.78 is 5.28. The van der Waals surface area contributed by atoms with Gasteiger partial charge in [-0.15, -0.1) is 0 Å². The molecular weight excluding hydrogens is 346 g/mol. The van der Waals surface area contributed by atoms with Crippen LogP contribution in [0.4, 0.5) is 11.4 Å². The molecule has 0 radical (unpaired) electrons. The fraction of sp³-hybridized carbons (Fsp3) is 0.238. The Hall–Kier alpha value is -2.53. The van der Waals surface area contributed by atoms with Gasteiger partial charge in [-0.1, -0.05) is 48.2 Å². The van der Waals surface area contributed by atoms with Gasteiger partial charge >= 0.3 is 5.97 Å². The number of anilines is 2. The molecule has 0 saturated heterocycles. The summed E-state index contributed by atoms with van der Waals surface area (Å²) in [4.78, 5) is 28.6. The van der Waals surface area contributed by atoms with Crippen LogP contribution in [0.25, 0.3) is 0 Å². The second kappa shape index (κ2) is 7.38. The summed E-state index contributed by atoms with van der Waals surface area (Å²) in [5.74, 6) is -0.311. The Bertz CT molecular complexity index is 832. The van der Waals surface area contributed by atoms with Crippen LogP contribution >= 0.6 is 11.8 Å². The highest BCUT2D eigenvalue weighted by molar-refractivity contribution is 7.99. The summed E-state index contributed by atoms with van der Waals surface area (Å²) in [7, 11) is 0. The fourth-order valence-corrected chi connectivity index (χ4v) is 4.38. The predicted octanol–water partition coefficient (Wildman–Crippen LogP) is 4.72. The van der Waals surface area contributed by atoms with Gasteiger partial charge < -0.3 is 4.74 Å². The van der Waals surface area contributed by atoms with Gasteiger partial charge in [0.2, 0.25) is 0 Å². The minimum absolute atomic E-state index is 0.236. The highest BCUT2D eigenvalue weighted by Crippen LogP contribution is 2.47. The lowest BCUT2D eigenvalue weighted by atomic mass is 10.1. The zero-order valence-corrected chi connectivity index (χ0v) is 15.1. The second-order valence-electron chi connectivity index (χ2n) is 6.40. The molecular formula is C21H19NO3S. The van der Waals surface area contributed by atoms with Gasteiger partial charge in [0.1, 0.15) is 0 Å². The van der Waals surface area contributed by atoms with Crippen LogP contribution in [0.5, 0.6) is 0 Å². The Labute approximate surface area is 156 Å². The molecule has 4 nitrogen and oxygen atoms in total. The Morgan fingerprint density at radius 2 is 1.69 bits per heavy atom. The largest absolute Gasteiger partial charge is 0.456 e. The average molecular weight is 365 g/mol. The number of allylic oxidation sites excluding steroid dienone is 2. The quantitative estimate of drug-likeness (QED) is 0.581. The van der Waals surface area contributed by atoms with Crippen molar-refractivity contribution in [2.24, 2.45) is 5.92 Å². The van der Waals surface area contributed by atoms with E-state index in [1.165, 1.54) is 0 Å². The number of hydrogen-bond acceptors (Lipinski definition) is 4. The normalized spacial score (nSPS) is 17.5. The number of hydrogen-bond donors (Lipinski definition) is 0. The van der Waals surface area contributed by atoms with Crippen LogP contribution in [0.2, 0.25) is 0 Å². The van der Waals surface area contributed by atoms with E-state index in [1.54, 1.807) is 16.7 Å². The van der Waals surface area contributed by atoms with Crippen molar-refractivity contribution in [1.82, 2.24) is 0 Å². The van der Waals surface area contributed by atoms with Crippen molar-refractivity contribution < 1.29 is 14.3 Å². The van der Waals surface area contributed by atoms with Gasteiger partial charge in [0.05, 0.1) is 17.8 Å². The number of fused-ring (bicyclic) bond motifs is 2. The molecule has 0 unspecified atom stereocenters. The standard InChI is InChI=1S/C21H19NO3S/c23-20(14-25-21(24)13-15-7-1-2-8-15)22-16-9-3-5-11-18(16)26-19-12-6-4-10-17(19)22/h1,3-7,9-12,15H,2,8,13-14H2/t15-/m1/s1. The van der Waals surface area contributed by atoms with Crippen molar-refractivity contribution in [3.05, 3.63) is 60.7 Å². The van der Waals surface area contributed by atoms with Crippen molar-refractivity contribution in [2.45, 2.75) is 29.1 Å². The van der Waals surface area contributed by atoms with Crippen LogP contribution in [0.3, 0.4) is 0 Å². The molecule has 4 rings (SSSR count). The van der Waals surface area contributed by atoms with E-state index >= 15 is 0 Å². The predicted molar refractivity (Wildman–Crippen MR) is 102 cm³/mol. The topological polar surface area (TPSA) is 46.6 Å². The third-order valence-corrected chi connectivity index (χ3v) is 5.71. The minimum atomic E-state index is -0.317. The zero-order valence-electron chi connectivity index (χ0n) is 14.3. The van der Waals surface area contributed by atoms with Gasteiger partial charge in [0, 0.05) is 9.79 Å². The summed E-state index contributed by atoms with van der Waals surface area (Å²) in [6.45, 7) is -0.247. The van der Waals surface area contributed by atoms with E-state index in [9.17, 15) is 9.59 Å². The van der Waals surface area contributed by atoms with E-state index in [2.05, 4.69) is 12.2 Å². The molecule has 2 aromatic carbocycles. The first kappa shape index (κ1) is 16.9. The second-order valence-corrected chi connectivity index (χ2v) is 7.48. The number of carbonyl (C=O) groups excluding carboxylic acids is 2. The van der Waals surface area contributed by atoms with Gasteiger partial charge in [-0.05, 0) is 43.0 Å². The molecule has 5 heteroatoms. The molecule has 1 aliphatic carbocycles. The molecule has 0 fully saturated rings. The first-order chi connectivity index (χ1) is 12.7. The summed E-state index contributed by atoms with van der Waals surface area (Å²) in [5, 5.41) is 0. The Kier molecular flexibility index (Phi) is 4.80. The lowest BCUT2D eigenvalue weighted by molar-refractivity contribution is -0.148. The van der Waals surface area contributed by atoms with Crippen molar-refractivity contribution in [3.8, 4) is 0 Å². The Morgan fingerprint density at radius 3 is 2.31 bits per heavy atom. The Morgan fingerprint density at radius 1 is 1.04 bits per heavy atom. The molecule has 1 amide bonds. The highest BCUT2D eigenvalue weighted by Gasteiger charge is 2.28. The van der Waals surface area contributed by atoms with Gasteiger partial charge in [0.15, 0.2) is 6.61 Å². The fourth-order valence-electron chi connectivity index (χ4n) is 3.32. The SMILES string of the molecule is O=C(C[C@@H]1C=CCC1)OCC(=O)N1c2ccccc2Sc2ccccc21. The van der Waals surface area contributed by atoms with Crippen LogP contribution < -0.4 is 4.90 Å². The molecule has 0 bridgehead atoms. The minimum Gasteiger partial charge on any atom is -0.456 e. The molecule has 1 aliphatic heterocycles. The van der Waals surface area contributed by atoms with Crippen molar-refractivity contribution >= 4 is 35.0 Å². The number of carbonyl (C=O) groups is 2. The van der Waals surface area contributed by atoms with Gasteiger partial charge in [-0.2, -0.15) is 0 Å². The van der Waals surface area contributed by atoms with E-state index in [4.69, 9.17) is 4.74 Å². The Balaban J connectivity index is 1.50. The third-order valence-electron chi connectivity index (χ3n) is 4.58. The number of esters is 1. The maximum Gasteiger partial charge on any atom is 0.306 e. The molecule has 26 heavy (non-hydrogen) atoms. The molecule has 0 aromatic heterocycles. The van der Waals surface area contributed by atoms with Gasteiger partial charge in [0.25, 0.3) is 5.91 Å². The van der Waals surface area contributed by atoms with E-state index in [1.807, 2.05) is 48.5 Å². The van der Waals surface area contributed by atoms with E-state index in [-0.39, 0.29) is 24.4 Å². The lowest BCUT2D eigenvalue weighted by Crippen LogP contribution is -2.32. The van der Waals surface area contributed by atoms with Crippen molar-refractivity contribution in [2.75, 3.05) is 11.5 Å². The molecule has 132 valence electrons. The van der Waals surface area contributed by atoms with Gasteiger partial charge in [-0.25, -0.2) is 0 Å². The molecule has 0 saturated carbocycles. The van der Waals surface area contributed by atoms with Crippen LogP contribution in [0.15, 0.2) is 70.5 Å². The number of ether oxygens (including phenoxy) is 1. The summed E-state index contributed by atoms with van der Waals surface area (Å²) in [6.07, 6.45) is 6.47. The molecule has 1 atom stereocenters. The number of para-hydroxylation sites is 2. The number of amides is 1. The van der Waals surface area contributed by atoms with Crippen LogP contribution in [-0.4, -0.2) is 18.5 Å². The van der Waals surface area contributed by atoms with Crippen molar-refractivity contribution in [3.63, 3.8) is 0 Å². The van der Waals surface area contributed by atoms with Crippen LogP contribution in [0.1, 0.15) is 19.3 Å². The molecule has 1 heterocycles. The van der Waals surface area contributed by atoms with Crippen molar-refractivity contribution in [1.29, 1.82) is 0 Å². The number of nitrogens with zero attached hydrogens (tertiary/aromatic N) is 1. The maximum atomic E-state index is 12.9. The third kappa shape index (κ3) is 3.40. The molecule has 2 aliphatic rings. The highest BCUT2D eigenvalue weighted by atomic mass is 32.2. The first-order valence-electron chi connectivity index (χ1n) is 8.73. The summed E-state index contributed by atoms with van der Waals surface area (Å²) in [6, 6.07) is 15.6. The smallest absolute Gasteiger partial charge is 0.306 e. The zero-order chi connectivity index (χ0) is 17.9. The van der Waals surface area contributed by atoms with E-state index < -0.39 is 0 Å². The number of benzene rings is 2. The van der Waals surface area contributed by atoms with Gasteiger partial charge in [-0.3, -0.25) is 14.5 Å². The lowest BCUT2D eigenvalue weighted by Gasteiger charge is -2.30. The summed E-state index contributed by atoms with van der Waals surface area (Å²) >= 11 is 1.64. The van der Waals surface area contributed by atoms with E-state index in [0.29, 0.717) is 6.42 Å². The number of rotatable bonds is 4.